The van der Waals surface area contributed by atoms with Gasteiger partial charge in [-0.2, -0.15) is 0 Å². The highest BCUT2D eigenvalue weighted by molar-refractivity contribution is 4.90. The monoisotopic (exact) mass is 184 g/mol. The second-order valence-corrected chi connectivity index (χ2v) is 5.18. The van der Waals surface area contributed by atoms with Crippen molar-refractivity contribution in [2.45, 2.75) is 46.1 Å². The van der Waals surface area contributed by atoms with Gasteiger partial charge in [0.25, 0.3) is 0 Å². The van der Waals surface area contributed by atoms with E-state index in [4.69, 9.17) is 5.73 Å². The summed E-state index contributed by atoms with van der Waals surface area (Å²) in [6, 6.07) is 0.361. The Hall–Kier alpha value is -0.0800. The van der Waals surface area contributed by atoms with Gasteiger partial charge < -0.3 is 11.1 Å². The van der Waals surface area contributed by atoms with Gasteiger partial charge >= 0.3 is 0 Å². The van der Waals surface area contributed by atoms with Crippen LogP contribution in [0.25, 0.3) is 0 Å². The first-order valence-electron chi connectivity index (χ1n) is 5.50. The number of nitrogens with one attached hydrogen (secondary N) is 1. The molecule has 0 bridgehead atoms. The van der Waals surface area contributed by atoms with Gasteiger partial charge in [-0.15, -0.1) is 0 Å². The molecule has 0 aromatic rings. The molecule has 0 aromatic carbocycles. The van der Waals surface area contributed by atoms with Crippen LogP contribution in [0.2, 0.25) is 0 Å². The highest BCUT2D eigenvalue weighted by Crippen LogP contribution is 2.43. The SMILES string of the molecule is CC(C)C(N)CCNCC1(C)CC1. The maximum absolute atomic E-state index is 5.94. The molecule has 0 amide bonds. The van der Waals surface area contributed by atoms with Crippen LogP contribution in [-0.2, 0) is 0 Å². The summed E-state index contributed by atoms with van der Waals surface area (Å²) in [6.07, 6.45) is 3.90. The maximum atomic E-state index is 5.94. The maximum Gasteiger partial charge on any atom is 0.00739 e. The third kappa shape index (κ3) is 4.10. The van der Waals surface area contributed by atoms with Gasteiger partial charge in [-0.25, -0.2) is 0 Å². The standard InChI is InChI=1S/C11H24N2/c1-9(2)10(12)4-7-13-8-11(3)5-6-11/h9-10,13H,4-8,12H2,1-3H3. The van der Waals surface area contributed by atoms with Gasteiger partial charge in [-0.1, -0.05) is 20.8 Å². The Labute approximate surface area is 82.3 Å². The molecule has 2 heteroatoms. The van der Waals surface area contributed by atoms with Crippen LogP contribution in [0, 0.1) is 11.3 Å². The van der Waals surface area contributed by atoms with E-state index < -0.39 is 0 Å². The van der Waals surface area contributed by atoms with Crippen LogP contribution in [0.4, 0.5) is 0 Å². The lowest BCUT2D eigenvalue weighted by molar-refractivity contribution is 0.428. The van der Waals surface area contributed by atoms with Crippen molar-refractivity contribution in [3.8, 4) is 0 Å². The largest absolute Gasteiger partial charge is 0.327 e. The second kappa shape index (κ2) is 4.43. The van der Waals surface area contributed by atoms with Crippen molar-refractivity contribution in [3.05, 3.63) is 0 Å². The van der Waals surface area contributed by atoms with Crippen LogP contribution in [0.15, 0.2) is 0 Å². The molecule has 13 heavy (non-hydrogen) atoms. The Morgan fingerprint density at radius 3 is 2.46 bits per heavy atom. The minimum absolute atomic E-state index is 0.361. The summed E-state index contributed by atoms with van der Waals surface area (Å²) in [6.45, 7) is 8.98. The van der Waals surface area contributed by atoms with E-state index >= 15 is 0 Å². The zero-order valence-electron chi connectivity index (χ0n) is 9.27. The summed E-state index contributed by atoms with van der Waals surface area (Å²) in [7, 11) is 0. The second-order valence-electron chi connectivity index (χ2n) is 5.18. The zero-order valence-corrected chi connectivity index (χ0v) is 9.27. The van der Waals surface area contributed by atoms with Gasteiger partial charge in [0.2, 0.25) is 0 Å². The van der Waals surface area contributed by atoms with Crippen molar-refractivity contribution in [2.24, 2.45) is 17.1 Å². The molecular formula is C11H24N2. The number of nitrogens with two attached hydrogens (primary N) is 1. The van der Waals surface area contributed by atoms with Gasteiger partial charge in [0.1, 0.15) is 0 Å². The topological polar surface area (TPSA) is 38.0 Å². The van der Waals surface area contributed by atoms with Gasteiger partial charge in [0.15, 0.2) is 0 Å². The smallest absolute Gasteiger partial charge is 0.00739 e. The van der Waals surface area contributed by atoms with E-state index in [1.165, 1.54) is 19.4 Å². The van der Waals surface area contributed by atoms with Crippen LogP contribution in [0.5, 0.6) is 0 Å². The molecule has 0 heterocycles. The highest BCUT2D eigenvalue weighted by Gasteiger charge is 2.36. The number of rotatable bonds is 6. The molecule has 1 aliphatic carbocycles. The van der Waals surface area contributed by atoms with Gasteiger partial charge in [0.05, 0.1) is 0 Å². The van der Waals surface area contributed by atoms with E-state index in [9.17, 15) is 0 Å². The van der Waals surface area contributed by atoms with Crippen LogP contribution < -0.4 is 11.1 Å². The molecule has 0 aliphatic heterocycles. The molecule has 1 aliphatic rings. The molecule has 0 saturated heterocycles. The quantitative estimate of drug-likeness (QED) is 0.617. The Morgan fingerprint density at radius 2 is 2.00 bits per heavy atom. The van der Waals surface area contributed by atoms with Crippen molar-refractivity contribution in [3.63, 3.8) is 0 Å². The van der Waals surface area contributed by atoms with Crippen LogP contribution >= 0.6 is 0 Å². The lowest BCUT2D eigenvalue weighted by Crippen LogP contribution is -2.32. The Balaban J connectivity index is 1.94. The first kappa shape index (κ1) is 11.0. The zero-order chi connectivity index (χ0) is 9.90. The van der Waals surface area contributed by atoms with Crippen LogP contribution in [0.3, 0.4) is 0 Å². The third-order valence-electron chi connectivity index (χ3n) is 3.17. The molecule has 0 aromatic heterocycles. The third-order valence-corrected chi connectivity index (χ3v) is 3.17. The van der Waals surface area contributed by atoms with E-state index in [0.29, 0.717) is 17.4 Å². The van der Waals surface area contributed by atoms with Crippen molar-refractivity contribution in [1.29, 1.82) is 0 Å². The molecule has 1 saturated carbocycles. The fraction of sp³-hybridized carbons (Fsp3) is 1.00. The summed E-state index contributed by atoms with van der Waals surface area (Å²) in [5, 5.41) is 3.49. The molecule has 1 unspecified atom stereocenters. The van der Waals surface area contributed by atoms with Crippen molar-refractivity contribution >= 4 is 0 Å². The van der Waals surface area contributed by atoms with Gasteiger partial charge in [-0.05, 0) is 37.1 Å². The Kier molecular flexibility index (Phi) is 3.74. The summed E-state index contributed by atoms with van der Waals surface area (Å²) in [5.41, 5.74) is 6.57. The number of hydrogen-bond donors (Lipinski definition) is 2. The van der Waals surface area contributed by atoms with E-state index in [1.54, 1.807) is 0 Å². The summed E-state index contributed by atoms with van der Waals surface area (Å²) < 4.78 is 0. The predicted octanol–water partition coefficient (Wildman–Crippen LogP) is 1.75. The van der Waals surface area contributed by atoms with Crippen LogP contribution in [-0.4, -0.2) is 19.1 Å². The summed E-state index contributed by atoms with van der Waals surface area (Å²) in [4.78, 5) is 0. The van der Waals surface area contributed by atoms with Gasteiger partial charge in [-0.3, -0.25) is 0 Å². The van der Waals surface area contributed by atoms with Crippen molar-refractivity contribution in [2.75, 3.05) is 13.1 Å². The van der Waals surface area contributed by atoms with E-state index in [-0.39, 0.29) is 0 Å². The first-order valence-corrected chi connectivity index (χ1v) is 5.50. The molecule has 1 fully saturated rings. The lowest BCUT2D eigenvalue weighted by Gasteiger charge is -2.16. The summed E-state index contributed by atoms with van der Waals surface area (Å²) in [5.74, 6) is 0.610. The molecule has 1 rings (SSSR count). The number of hydrogen-bond acceptors (Lipinski definition) is 2. The molecule has 3 N–H and O–H groups in total. The molecule has 1 atom stereocenters. The van der Waals surface area contributed by atoms with Gasteiger partial charge in [0, 0.05) is 12.6 Å². The summed E-state index contributed by atoms with van der Waals surface area (Å²) >= 11 is 0. The van der Waals surface area contributed by atoms with E-state index in [0.717, 1.165) is 13.0 Å². The highest BCUT2D eigenvalue weighted by atomic mass is 14.9. The molecule has 0 spiro atoms. The molecular weight excluding hydrogens is 160 g/mol. The van der Waals surface area contributed by atoms with E-state index in [2.05, 4.69) is 26.1 Å². The van der Waals surface area contributed by atoms with Crippen LogP contribution in [0.1, 0.15) is 40.0 Å². The first-order chi connectivity index (χ1) is 6.03. The average molecular weight is 184 g/mol. The normalized spacial score (nSPS) is 21.9. The average Bonchev–Trinajstić information content (AvgIpc) is 2.78. The Bertz CT molecular complexity index is 150. The molecule has 0 radical (unpaired) electrons. The molecule has 2 nitrogen and oxygen atoms in total. The predicted molar refractivity (Wildman–Crippen MR) is 57.6 cm³/mol. The fourth-order valence-corrected chi connectivity index (χ4v) is 1.38. The molecule has 78 valence electrons. The lowest BCUT2D eigenvalue weighted by atomic mass is 10.0. The van der Waals surface area contributed by atoms with Crippen molar-refractivity contribution < 1.29 is 0 Å². The minimum Gasteiger partial charge on any atom is -0.327 e. The Morgan fingerprint density at radius 1 is 1.38 bits per heavy atom. The van der Waals surface area contributed by atoms with E-state index in [1.807, 2.05) is 0 Å². The van der Waals surface area contributed by atoms with Crippen molar-refractivity contribution in [1.82, 2.24) is 5.32 Å². The fourth-order valence-electron chi connectivity index (χ4n) is 1.38. The minimum atomic E-state index is 0.361.